The fourth-order valence-corrected chi connectivity index (χ4v) is 4.48. The summed E-state index contributed by atoms with van der Waals surface area (Å²) < 4.78 is 1.81. The summed E-state index contributed by atoms with van der Waals surface area (Å²) in [6.45, 7) is 7.39. The van der Waals surface area contributed by atoms with E-state index in [2.05, 4.69) is 22.0 Å². The maximum Gasteiger partial charge on any atom is 0.257 e. The molecule has 6 heteroatoms. The monoisotopic (exact) mass is 327 g/mol. The fourth-order valence-electron chi connectivity index (χ4n) is 4.48. The molecule has 1 spiro atoms. The highest BCUT2D eigenvalue weighted by Gasteiger charge is 2.40. The zero-order valence-electron chi connectivity index (χ0n) is 14.3. The van der Waals surface area contributed by atoms with Gasteiger partial charge in [-0.25, -0.2) is 0 Å². The number of aromatic nitrogens is 3. The van der Waals surface area contributed by atoms with Crippen LogP contribution in [0.4, 0.5) is 0 Å². The Morgan fingerprint density at radius 1 is 1.25 bits per heavy atom. The Kier molecular flexibility index (Phi) is 4.00. The molecule has 4 rings (SSSR count). The van der Waals surface area contributed by atoms with E-state index in [1.165, 1.54) is 25.8 Å². The average Bonchev–Trinajstić information content (AvgIpc) is 3.10. The number of fused-ring (bicyclic) bond motifs is 1. The van der Waals surface area contributed by atoms with Gasteiger partial charge in [0.2, 0.25) is 0 Å². The molecule has 1 amide bonds. The Morgan fingerprint density at radius 2 is 2.08 bits per heavy atom. The molecular weight excluding hydrogens is 302 g/mol. The normalized spacial score (nSPS) is 25.5. The van der Waals surface area contributed by atoms with Crippen LogP contribution in [0.15, 0.2) is 24.7 Å². The Hall–Kier alpha value is -1.95. The first-order valence-electron chi connectivity index (χ1n) is 9.01. The van der Waals surface area contributed by atoms with E-state index in [0.29, 0.717) is 11.2 Å². The van der Waals surface area contributed by atoms with Gasteiger partial charge < -0.3 is 9.80 Å². The number of nitrogens with zero attached hydrogens (tertiary/aromatic N) is 5. The van der Waals surface area contributed by atoms with Crippen molar-refractivity contribution in [2.24, 2.45) is 5.41 Å². The van der Waals surface area contributed by atoms with Crippen LogP contribution in [-0.4, -0.2) is 63.0 Å². The van der Waals surface area contributed by atoms with Gasteiger partial charge in [-0.2, -0.15) is 0 Å². The molecule has 24 heavy (non-hydrogen) atoms. The molecule has 0 saturated carbocycles. The van der Waals surface area contributed by atoms with Crippen molar-refractivity contribution in [3.63, 3.8) is 0 Å². The third-order valence-corrected chi connectivity index (χ3v) is 5.69. The van der Waals surface area contributed by atoms with Crippen molar-refractivity contribution in [1.82, 2.24) is 24.4 Å². The van der Waals surface area contributed by atoms with E-state index in [9.17, 15) is 4.79 Å². The lowest BCUT2D eigenvalue weighted by molar-refractivity contribution is 0.0153. The summed E-state index contributed by atoms with van der Waals surface area (Å²) in [4.78, 5) is 17.7. The number of amides is 1. The lowest BCUT2D eigenvalue weighted by Crippen LogP contribution is -2.53. The van der Waals surface area contributed by atoms with Crippen LogP contribution < -0.4 is 0 Å². The number of rotatable bonds is 2. The van der Waals surface area contributed by atoms with Gasteiger partial charge in [0.25, 0.3) is 5.91 Å². The molecule has 2 saturated heterocycles. The van der Waals surface area contributed by atoms with Crippen molar-refractivity contribution in [2.45, 2.75) is 32.6 Å². The Morgan fingerprint density at radius 3 is 2.92 bits per heavy atom. The molecule has 4 heterocycles. The minimum atomic E-state index is 0.0984. The Labute approximate surface area is 142 Å². The van der Waals surface area contributed by atoms with Crippen LogP contribution in [0.3, 0.4) is 0 Å². The molecule has 0 radical (unpaired) electrons. The van der Waals surface area contributed by atoms with Gasteiger partial charge in [0, 0.05) is 31.2 Å². The van der Waals surface area contributed by atoms with Crippen molar-refractivity contribution < 1.29 is 4.79 Å². The van der Waals surface area contributed by atoms with Crippen LogP contribution in [0.25, 0.3) is 5.65 Å². The molecule has 128 valence electrons. The smallest absolute Gasteiger partial charge is 0.257 e. The third-order valence-electron chi connectivity index (χ3n) is 5.69. The molecule has 2 aromatic heterocycles. The van der Waals surface area contributed by atoms with Crippen LogP contribution in [-0.2, 0) is 0 Å². The second-order valence-electron chi connectivity index (χ2n) is 7.29. The largest absolute Gasteiger partial charge is 0.338 e. The third kappa shape index (κ3) is 2.69. The highest BCUT2D eigenvalue weighted by molar-refractivity contribution is 5.99. The Balaban J connectivity index is 1.58. The maximum atomic E-state index is 13.1. The van der Waals surface area contributed by atoms with Crippen molar-refractivity contribution in [2.75, 3.05) is 32.7 Å². The number of hydrogen-bond acceptors (Lipinski definition) is 4. The molecule has 0 N–H and O–H groups in total. The minimum absolute atomic E-state index is 0.0984. The lowest BCUT2D eigenvalue weighted by atomic mass is 9.73. The quantitative estimate of drug-likeness (QED) is 0.847. The van der Waals surface area contributed by atoms with Gasteiger partial charge in [-0.3, -0.25) is 9.20 Å². The number of carbonyl (C=O) groups excluding carboxylic acids is 1. The van der Waals surface area contributed by atoms with E-state index in [1.807, 2.05) is 27.6 Å². The van der Waals surface area contributed by atoms with Gasteiger partial charge in [0.15, 0.2) is 5.65 Å². The number of hydrogen-bond donors (Lipinski definition) is 0. The zero-order chi connectivity index (χ0) is 16.6. The number of likely N-dealkylation sites (tertiary alicyclic amines) is 2. The van der Waals surface area contributed by atoms with E-state index < -0.39 is 0 Å². The van der Waals surface area contributed by atoms with Gasteiger partial charge in [-0.1, -0.05) is 6.92 Å². The molecule has 2 aliphatic heterocycles. The first-order chi connectivity index (χ1) is 11.7. The maximum absolute atomic E-state index is 13.1. The second-order valence-corrected chi connectivity index (χ2v) is 7.29. The van der Waals surface area contributed by atoms with E-state index >= 15 is 0 Å². The summed E-state index contributed by atoms with van der Waals surface area (Å²) in [5.41, 5.74) is 1.59. The van der Waals surface area contributed by atoms with Gasteiger partial charge in [-0.15, -0.1) is 10.2 Å². The fraction of sp³-hybridized carbons (Fsp3) is 0.611. The highest BCUT2D eigenvalue weighted by atomic mass is 16.2. The van der Waals surface area contributed by atoms with Crippen LogP contribution in [0.1, 0.15) is 43.0 Å². The molecule has 2 fully saturated rings. The Bertz CT molecular complexity index is 738. The van der Waals surface area contributed by atoms with Crippen molar-refractivity contribution in [3.8, 4) is 0 Å². The summed E-state index contributed by atoms with van der Waals surface area (Å²) in [7, 11) is 0. The van der Waals surface area contributed by atoms with Crippen molar-refractivity contribution in [3.05, 3.63) is 30.2 Å². The standard InChI is InChI=1S/C18H25N5O/c1-2-21-9-4-7-18(12-21)8-5-11-22(13-18)17(24)15-6-3-10-23-14-19-20-16(15)23/h3,6,10,14H,2,4-5,7-9,11-13H2,1H3/t18-/m1/s1. The molecule has 2 aromatic rings. The summed E-state index contributed by atoms with van der Waals surface area (Å²) in [6.07, 6.45) is 8.34. The predicted molar refractivity (Wildman–Crippen MR) is 91.9 cm³/mol. The van der Waals surface area contributed by atoms with Crippen molar-refractivity contribution in [1.29, 1.82) is 0 Å². The van der Waals surface area contributed by atoms with E-state index in [4.69, 9.17) is 0 Å². The lowest BCUT2D eigenvalue weighted by Gasteiger charge is -2.48. The number of carbonyl (C=O) groups is 1. The minimum Gasteiger partial charge on any atom is -0.338 e. The average molecular weight is 327 g/mol. The molecule has 0 aromatic carbocycles. The van der Waals surface area contributed by atoms with Gasteiger partial charge in [-0.05, 0) is 50.9 Å². The van der Waals surface area contributed by atoms with Crippen LogP contribution in [0, 0.1) is 5.41 Å². The van der Waals surface area contributed by atoms with Gasteiger partial charge in [0.05, 0.1) is 5.56 Å². The van der Waals surface area contributed by atoms with Crippen LogP contribution >= 0.6 is 0 Å². The zero-order valence-corrected chi connectivity index (χ0v) is 14.3. The van der Waals surface area contributed by atoms with E-state index in [0.717, 1.165) is 32.6 Å². The first kappa shape index (κ1) is 15.6. The summed E-state index contributed by atoms with van der Waals surface area (Å²) >= 11 is 0. The number of pyridine rings is 1. The SMILES string of the molecule is CCN1CCC[C@@]2(CCCN(C(=O)c3cccn4cnnc34)C2)C1. The molecule has 0 unspecified atom stereocenters. The van der Waals surface area contributed by atoms with Crippen LogP contribution in [0.2, 0.25) is 0 Å². The van der Waals surface area contributed by atoms with E-state index in [1.54, 1.807) is 6.33 Å². The molecule has 6 nitrogen and oxygen atoms in total. The van der Waals surface area contributed by atoms with Crippen molar-refractivity contribution >= 4 is 11.6 Å². The van der Waals surface area contributed by atoms with E-state index in [-0.39, 0.29) is 11.3 Å². The molecule has 0 aliphatic carbocycles. The molecular formula is C18H25N5O. The topological polar surface area (TPSA) is 53.7 Å². The molecule has 2 aliphatic rings. The summed E-state index contributed by atoms with van der Waals surface area (Å²) in [5.74, 6) is 0.0984. The molecule has 1 atom stereocenters. The summed E-state index contributed by atoms with van der Waals surface area (Å²) in [6, 6.07) is 3.76. The number of piperidine rings is 2. The van der Waals surface area contributed by atoms with Crippen LogP contribution in [0.5, 0.6) is 0 Å². The second kappa shape index (κ2) is 6.16. The van der Waals surface area contributed by atoms with Gasteiger partial charge in [0.1, 0.15) is 6.33 Å². The molecule has 0 bridgehead atoms. The highest BCUT2D eigenvalue weighted by Crippen LogP contribution is 2.38. The first-order valence-corrected chi connectivity index (χ1v) is 9.01. The van der Waals surface area contributed by atoms with Gasteiger partial charge >= 0.3 is 0 Å². The predicted octanol–water partition coefficient (Wildman–Crippen LogP) is 2.07. The summed E-state index contributed by atoms with van der Waals surface area (Å²) in [5, 5.41) is 8.05.